The highest BCUT2D eigenvalue weighted by atomic mass is 35.5. The molecule has 1 unspecified atom stereocenters. The van der Waals surface area contributed by atoms with Gasteiger partial charge in [-0.1, -0.05) is 24.3 Å². The fourth-order valence-corrected chi connectivity index (χ4v) is 2.61. The first-order valence-corrected chi connectivity index (χ1v) is 7.17. The Morgan fingerprint density at radius 3 is 2.25 bits per heavy atom. The molecule has 2 aromatic carbocycles. The van der Waals surface area contributed by atoms with Crippen molar-refractivity contribution in [3.63, 3.8) is 0 Å². The van der Waals surface area contributed by atoms with Crippen LogP contribution in [0.25, 0.3) is 0 Å². The molecule has 0 saturated heterocycles. The van der Waals surface area contributed by atoms with Crippen molar-refractivity contribution in [1.82, 2.24) is 0 Å². The number of rotatable bonds is 5. The molecule has 3 heteroatoms. The van der Waals surface area contributed by atoms with Crippen molar-refractivity contribution in [2.75, 3.05) is 5.88 Å². The summed E-state index contributed by atoms with van der Waals surface area (Å²) in [5, 5.41) is 0. The van der Waals surface area contributed by atoms with Gasteiger partial charge < -0.3 is 0 Å². The third kappa shape index (κ3) is 4.04. The molecule has 0 heterocycles. The normalized spacial score (nSPS) is 12.4. The Morgan fingerprint density at radius 1 is 1.00 bits per heavy atom. The SMILES string of the molecule is Cc1ccccc1CC(CCl)Cc1cc(F)cc(F)c1. The summed E-state index contributed by atoms with van der Waals surface area (Å²) in [6, 6.07) is 11.8. The maximum Gasteiger partial charge on any atom is 0.126 e. The van der Waals surface area contributed by atoms with Crippen LogP contribution in [0.4, 0.5) is 8.78 Å². The maximum absolute atomic E-state index is 13.2. The summed E-state index contributed by atoms with van der Waals surface area (Å²) in [5.41, 5.74) is 3.10. The molecule has 0 spiro atoms. The quantitative estimate of drug-likeness (QED) is 0.687. The van der Waals surface area contributed by atoms with E-state index in [4.69, 9.17) is 11.6 Å². The van der Waals surface area contributed by atoms with Gasteiger partial charge in [0.15, 0.2) is 0 Å². The van der Waals surface area contributed by atoms with Gasteiger partial charge in [-0.3, -0.25) is 0 Å². The largest absolute Gasteiger partial charge is 0.207 e. The molecule has 0 saturated carbocycles. The highest BCUT2D eigenvalue weighted by Crippen LogP contribution is 2.20. The second-order valence-electron chi connectivity index (χ2n) is 5.13. The molecule has 2 aromatic rings. The van der Waals surface area contributed by atoms with E-state index in [0.717, 1.165) is 12.5 Å². The van der Waals surface area contributed by atoms with Crippen LogP contribution in [0.15, 0.2) is 42.5 Å². The molecular formula is C17H17ClF2. The first kappa shape index (κ1) is 15.0. The lowest BCUT2D eigenvalue weighted by Crippen LogP contribution is -2.11. The van der Waals surface area contributed by atoms with Gasteiger partial charge in [0.05, 0.1) is 0 Å². The summed E-state index contributed by atoms with van der Waals surface area (Å²) in [7, 11) is 0. The summed E-state index contributed by atoms with van der Waals surface area (Å²) >= 11 is 6.01. The number of hydrogen-bond acceptors (Lipinski definition) is 0. The lowest BCUT2D eigenvalue weighted by Gasteiger charge is -2.15. The van der Waals surface area contributed by atoms with Gasteiger partial charge in [0.25, 0.3) is 0 Å². The molecule has 0 aliphatic heterocycles. The zero-order chi connectivity index (χ0) is 14.5. The Morgan fingerprint density at radius 2 is 1.65 bits per heavy atom. The molecule has 1 atom stereocenters. The smallest absolute Gasteiger partial charge is 0.126 e. The minimum Gasteiger partial charge on any atom is -0.207 e. The monoisotopic (exact) mass is 294 g/mol. The molecule has 0 bridgehead atoms. The van der Waals surface area contributed by atoms with Crippen LogP contribution in [0.5, 0.6) is 0 Å². The van der Waals surface area contributed by atoms with Crippen LogP contribution in [0.3, 0.4) is 0 Å². The summed E-state index contributed by atoms with van der Waals surface area (Å²) in [4.78, 5) is 0. The van der Waals surface area contributed by atoms with Crippen molar-refractivity contribution in [2.24, 2.45) is 5.92 Å². The molecule has 0 aromatic heterocycles. The van der Waals surface area contributed by atoms with Crippen molar-refractivity contribution < 1.29 is 8.78 Å². The van der Waals surface area contributed by atoms with E-state index in [1.165, 1.54) is 23.3 Å². The lowest BCUT2D eigenvalue weighted by molar-refractivity contribution is 0.556. The molecule has 0 aliphatic rings. The van der Waals surface area contributed by atoms with Crippen LogP contribution < -0.4 is 0 Å². The molecule has 2 rings (SSSR count). The van der Waals surface area contributed by atoms with Crippen LogP contribution in [-0.2, 0) is 12.8 Å². The fourth-order valence-electron chi connectivity index (χ4n) is 2.39. The van der Waals surface area contributed by atoms with Gasteiger partial charge in [-0.05, 0) is 54.5 Å². The van der Waals surface area contributed by atoms with Crippen molar-refractivity contribution in [3.05, 3.63) is 70.8 Å². The summed E-state index contributed by atoms with van der Waals surface area (Å²) in [5.74, 6) is -0.445. The first-order valence-electron chi connectivity index (χ1n) is 6.64. The Hall–Kier alpha value is -1.41. The van der Waals surface area contributed by atoms with Gasteiger partial charge in [0.2, 0.25) is 0 Å². The molecule has 0 amide bonds. The Kier molecular flexibility index (Phi) is 5.13. The number of halogens is 3. The Labute approximate surface area is 123 Å². The predicted molar refractivity (Wildman–Crippen MR) is 79.2 cm³/mol. The van der Waals surface area contributed by atoms with Crippen LogP contribution >= 0.6 is 11.6 Å². The topological polar surface area (TPSA) is 0 Å². The average molecular weight is 295 g/mol. The number of alkyl halides is 1. The van der Waals surface area contributed by atoms with Gasteiger partial charge in [0.1, 0.15) is 11.6 Å². The minimum atomic E-state index is -0.538. The predicted octanol–water partition coefficient (Wildman–Crippen LogP) is 4.91. The maximum atomic E-state index is 13.2. The summed E-state index contributed by atoms with van der Waals surface area (Å²) < 4.78 is 26.4. The van der Waals surface area contributed by atoms with Gasteiger partial charge in [-0.25, -0.2) is 8.78 Å². The van der Waals surface area contributed by atoms with Crippen LogP contribution in [0.1, 0.15) is 16.7 Å². The lowest BCUT2D eigenvalue weighted by atomic mass is 9.92. The molecular weight excluding hydrogens is 278 g/mol. The van der Waals surface area contributed by atoms with E-state index in [1.807, 2.05) is 12.1 Å². The van der Waals surface area contributed by atoms with Crippen molar-refractivity contribution >= 4 is 11.6 Å². The van der Waals surface area contributed by atoms with E-state index in [9.17, 15) is 8.78 Å². The average Bonchev–Trinajstić information content (AvgIpc) is 2.39. The highest BCUT2D eigenvalue weighted by molar-refractivity contribution is 6.18. The number of hydrogen-bond donors (Lipinski definition) is 0. The third-order valence-corrected chi connectivity index (χ3v) is 3.87. The van der Waals surface area contributed by atoms with E-state index in [-0.39, 0.29) is 5.92 Å². The standard InChI is InChI=1S/C17H17ClF2/c1-12-4-2-3-5-15(12)7-14(11-18)6-13-8-16(19)10-17(20)9-13/h2-5,8-10,14H,6-7,11H2,1H3. The van der Waals surface area contributed by atoms with Gasteiger partial charge in [-0.2, -0.15) is 0 Å². The molecule has 0 N–H and O–H groups in total. The molecule has 0 fully saturated rings. The molecule has 0 aliphatic carbocycles. The van der Waals surface area contributed by atoms with E-state index in [2.05, 4.69) is 19.1 Å². The fraction of sp³-hybridized carbons (Fsp3) is 0.294. The summed E-state index contributed by atoms with van der Waals surface area (Å²) in [6.07, 6.45) is 1.39. The molecule has 0 nitrogen and oxygen atoms in total. The zero-order valence-electron chi connectivity index (χ0n) is 11.4. The summed E-state index contributed by atoms with van der Waals surface area (Å²) in [6.45, 7) is 2.06. The van der Waals surface area contributed by atoms with Crippen LogP contribution in [-0.4, -0.2) is 5.88 Å². The van der Waals surface area contributed by atoms with Gasteiger partial charge in [-0.15, -0.1) is 11.6 Å². The number of aryl methyl sites for hydroxylation is 1. The third-order valence-electron chi connectivity index (χ3n) is 3.43. The molecule has 106 valence electrons. The number of benzene rings is 2. The Balaban J connectivity index is 2.11. The van der Waals surface area contributed by atoms with Gasteiger partial charge >= 0.3 is 0 Å². The van der Waals surface area contributed by atoms with Crippen molar-refractivity contribution in [2.45, 2.75) is 19.8 Å². The van der Waals surface area contributed by atoms with Crippen molar-refractivity contribution in [3.8, 4) is 0 Å². The van der Waals surface area contributed by atoms with Crippen LogP contribution in [0.2, 0.25) is 0 Å². The van der Waals surface area contributed by atoms with E-state index in [1.54, 1.807) is 0 Å². The molecule has 20 heavy (non-hydrogen) atoms. The van der Waals surface area contributed by atoms with Crippen LogP contribution in [0, 0.1) is 24.5 Å². The second-order valence-corrected chi connectivity index (χ2v) is 5.44. The molecule has 0 radical (unpaired) electrons. The van der Waals surface area contributed by atoms with E-state index in [0.29, 0.717) is 17.9 Å². The minimum absolute atomic E-state index is 0.166. The Bertz CT molecular complexity index is 561. The first-order chi connectivity index (χ1) is 9.58. The van der Waals surface area contributed by atoms with Crippen molar-refractivity contribution in [1.29, 1.82) is 0 Å². The highest BCUT2D eigenvalue weighted by Gasteiger charge is 2.12. The van der Waals surface area contributed by atoms with E-state index >= 15 is 0 Å². The van der Waals surface area contributed by atoms with E-state index < -0.39 is 11.6 Å². The second kappa shape index (κ2) is 6.85. The zero-order valence-corrected chi connectivity index (χ0v) is 12.1. The van der Waals surface area contributed by atoms with Gasteiger partial charge in [0, 0.05) is 11.9 Å².